The number of hydrogen-bond donors (Lipinski definition) is 2. The summed E-state index contributed by atoms with van der Waals surface area (Å²) in [7, 11) is -2.39. The molecule has 0 aliphatic rings. The Morgan fingerprint density at radius 1 is 1.17 bits per heavy atom. The van der Waals surface area contributed by atoms with Crippen molar-refractivity contribution in [3.8, 4) is 0 Å². The molecule has 1 aromatic carbocycles. The van der Waals surface area contributed by atoms with Crippen LogP contribution in [0.5, 0.6) is 0 Å². The van der Waals surface area contributed by atoms with E-state index in [1.807, 2.05) is 0 Å². The molecular formula is C21H24F3N4OP. The van der Waals surface area contributed by atoms with Gasteiger partial charge in [0.1, 0.15) is 18.8 Å². The van der Waals surface area contributed by atoms with Gasteiger partial charge in [0, 0.05) is 23.4 Å². The molecule has 0 aliphatic heterocycles. The normalized spacial score (nSPS) is 13.1. The highest BCUT2D eigenvalue weighted by Crippen LogP contribution is 2.34. The molecule has 0 radical (unpaired) electrons. The number of benzene rings is 1. The Morgan fingerprint density at radius 2 is 1.77 bits per heavy atom. The van der Waals surface area contributed by atoms with Crippen LogP contribution in [0.3, 0.4) is 0 Å². The topological polar surface area (TPSA) is 66.4 Å². The maximum Gasteiger partial charge on any atom is 0.419 e. The summed E-state index contributed by atoms with van der Waals surface area (Å²) in [4.78, 5) is 7.99. The molecule has 0 fully saturated rings. The van der Waals surface area contributed by atoms with Gasteiger partial charge in [-0.05, 0) is 62.2 Å². The van der Waals surface area contributed by atoms with Crippen LogP contribution >= 0.6 is 7.14 Å². The molecule has 5 nitrogen and oxygen atoms in total. The van der Waals surface area contributed by atoms with Gasteiger partial charge >= 0.3 is 6.18 Å². The van der Waals surface area contributed by atoms with Crippen LogP contribution in [0.15, 0.2) is 77.8 Å². The Labute approximate surface area is 174 Å². The number of allylic oxidation sites excluding steroid dienone is 1. The molecule has 0 atom stereocenters. The molecule has 0 spiro atoms. The second kappa shape index (κ2) is 9.76. The standard InChI is InChI=1S/C21H24F3N4OP/c1-5-19(21(22,23)24)20(26-14-16-10-12-25-13-11-16)28-15(2)27-17-6-8-18(9-7-17)30(3,4)29/h5-13,27H,2,14H2,1,3-4H3,(H,26,28)/b19-5+. The number of amidine groups is 1. The van der Waals surface area contributed by atoms with Crippen LogP contribution in [-0.2, 0) is 11.1 Å². The van der Waals surface area contributed by atoms with Crippen LogP contribution in [0.25, 0.3) is 0 Å². The zero-order valence-corrected chi connectivity index (χ0v) is 17.9. The number of rotatable bonds is 7. The zero-order chi connectivity index (χ0) is 22.4. The molecule has 0 unspecified atom stereocenters. The van der Waals surface area contributed by atoms with E-state index in [9.17, 15) is 17.7 Å². The van der Waals surface area contributed by atoms with Crippen LogP contribution < -0.4 is 15.9 Å². The molecule has 9 heteroatoms. The highest BCUT2D eigenvalue weighted by Gasteiger charge is 2.36. The summed E-state index contributed by atoms with van der Waals surface area (Å²) in [6.07, 6.45) is -0.521. The maximum absolute atomic E-state index is 13.5. The average Bonchev–Trinajstić information content (AvgIpc) is 2.66. The minimum Gasteiger partial charge on any atom is -0.342 e. The van der Waals surface area contributed by atoms with Crippen molar-refractivity contribution in [3.63, 3.8) is 0 Å². The lowest BCUT2D eigenvalue weighted by Crippen LogP contribution is -2.33. The minimum atomic E-state index is -4.58. The Kier molecular flexibility index (Phi) is 7.62. The van der Waals surface area contributed by atoms with E-state index >= 15 is 0 Å². The lowest BCUT2D eigenvalue weighted by molar-refractivity contribution is -0.0864. The summed E-state index contributed by atoms with van der Waals surface area (Å²) >= 11 is 0. The SMILES string of the molecule is C=C(NC(=NCc1ccncc1)/C(=C\C)C(F)(F)F)Nc1ccc(P(C)(C)=O)cc1. The number of nitrogens with zero attached hydrogens (tertiary/aromatic N) is 2. The van der Waals surface area contributed by atoms with E-state index in [2.05, 4.69) is 27.2 Å². The first-order chi connectivity index (χ1) is 14.0. The number of anilines is 1. The Hall–Kier alpha value is -2.86. The Bertz CT molecular complexity index is 978. The monoisotopic (exact) mass is 436 g/mol. The third-order valence-electron chi connectivity index (χ3n) is 4.07. The molecule has 160 valence electrons. The summed E-state index contributed by atoms with van der Waals surface area (Å²) in [6, 6.07) is 10.2. The lowest BCUT2D eigenvalue weighted by atomic mass is 10.2. The van der Waals surface area contributed by atoms with Crippen molar-refractivity contribution in [3.05, 3.63) is 78.4 Å². The molecule has 0 bridgehead atoms. The molecule has 0 saturated carbocycles. The highest BCUT2D eigenvalue weighted by molar-refractivity contribution is 7.70. The maximum atomic E-state index is 13.5. The molecule has 1 heterocycles. The first kappa shape index (κ1) is 23.4. The predicted molar refractivity (Wildman–Crippen MR) is 117 cm³/mol. The third-order valence-corrected chi connectivity index (χ3v) is 5.61. The fourth-order valence-electron chi connectivity index (χ4n) is 2.54. The van der Waals surface area contributed by atoms with Crippen molar-refractivity contribution < 1.29 is 17.7 Å². The first-order valence-electron chi connectivity index (χ1n) is 9.06. The average molecular weight is 436 g/mol. The quantitative estimate of drug-likeness (QED) is 0.368. The molecule has 30 heavy (non-hydrogen) atoms. The minimum absolute atomic E-state index is 0.0442. The number of hydrogen-bond acceptors (Lipinski definition) is 4. The largest absolute Gasteiger partial charge is 0.419 e. The van der Waals surface area contributed by atoms with E-state index in [0.717, 1.165) is 11.6 Å². The molecule has 0 aliphatic carbocycles. The first-order valence-corrected chi connectivity index (χ1v) is 11.7. The molecule has 2 aromatic rings. The number of nitrogens with one attached hydrogen (secondary N) is 2. The van der Waals surface area contributed by atoms with Crippen molar-refractivity contribution in [1.82, 2.24) is 10.3 Å². The van der Waals surface area contributed by atoms with Crippen molar-refractivity contribution in [2.45, 2.75) is 19.6 Å². The number of aliphatic imine (C=N–C) groups is 1. The molecule has 0 amide bonds. The molecule has 2 N–H and O–H groups in total. The van der Waals surface area contributed by atoms with Gasteiger partial charge < -0.3 is 15.2 Å². The Balaban J connectivity index is 2.20. The fourth-order valence-corrected chi connectivity index (χ4v) is 3.40. The third kappa shape index (κ3) is 6.88. The van der Waals surface area contributed by atoms with Gasteiger partial charge in [-0.25, -0.2) is 0 Å². The van der Waals surface area contributed by atoms with Gasteiger partial charge in [-0.1, -0.05) is 12.7 Å². The molecule has 0 saturated heterocycles. The second-order valence-electron chi connectivity index (χ2n) is 6.85. The summed E-state index contributed by atoms with van der Waals surface area (Å²) in [5, 5.41) is 6.23. The summed E-state index contributed by atoms with van der Waals surface area (Å²) in [5.41, 5.74) is 0.416. The number of alkyl halides is 3. The van der Waals surface area contributed by atoms with Crippen molar-refractivity contribution in [2.24, 2.45) is 4.99 Å². The lowest BCUT2D eigenvalue weighted by Gasteiger charge is -2.18. The zero-order valence-electron chi connectivity index (χ0n) is 17.0. The van der Waals surface area contributed by atoms with Gasteiger partial charge in [0.2, 0.25) is 0 Å². The smallest absolute Gasteiger partial charge is 0.342 e. The Morgan fingerprint density at radius 3 is 2.27 bits per heavy atom. The number of aromatic nitrogens is 1. The second-order valence-corrected chi connectivity index (χ2v) is 10.1. The molecule has 2 rings (SSSR count). The van der Waals surface area contributed by atoms with Gasteiger partial charge in [-0.2, -0.15) is 13.2 Å². The van der Waals surface area contributed by atoms with Gasteiger partial charge in [-0.3, -0.25) is 9.98 Å². The van der Waals surface area contributed by atoms with Crippen LogP contribution in [0, 0.1) is 0 Å². The van der Waals surface area contributed by atoms with E-state index in [1.54, 1.807) is 62.1 Å². The summed E-state index contributed by atoms with van der Waals surface area (Å²) < 4.78 is 52.5. The van der Waals surface area contributed by atoms with Crippen LogP contribution in [0.4, 0.5) is 18.9 Å². The highest BCUT2D eigenvalue weighted by atomic mass is 31.2. The molecule has 1 aromatic heterocycles. The van der Waals surface area contributed by atoms with Crippen LogP contribution in [0.2, 0.25) is 0 Å². The summed E-state index contributed by atoms with van der Waals surface area (Å²) in [6.45, 7) is 8.43. The number of pyridine rings is 1. The van der Waals surface area contributed by atoms with Crippen molar-refractivity contribution in [1.29, 1.82) is 0 Å². The summed E-state index contributed by atoms with van der Waals surface area (Å²) in [5.74, 6) is -0.224. The van der Waals surface area contributed by atoms with Gasteiger partial charge in [0.15, 0.2) is 0 Å². The number of halogens is 3. The van der Waals surface area contributed by atoms with Crippen molar-refractivity contribution >= 4 is 24.0 Å². The van der Waals surface area contributed by atoms with Gasteiger partial charge in [0.25, 0.3) is 0 Å². The van der Waals surface area contributed by atoms with E-state index < -0.39 is 18.9 Å². The van der Waals surface area contributed by atoms with Gasteiger partial charge in [0.05, 0.1) is 12.1 Å². The fraction of sp³-hybridized carbons (Fsp3) is 0.238. The van der Waals surface area contributed by atoms with Crippen LogP contribution in [0.1, 0.15) is 12.5 Å². The van der Waals surface area contributed by atoms with Crippen LogP contribution in [-0.4, -0.2) is 30.3 Å². The van der Waals surface area contributed by atoms with E-state index in [1.165, 1.54) is 6.92 Å². The van der Waals surface area contributed by atoms with E-state index in [-0.39, 0.29) is 18.2 Å². The van der Waals surface area contributed by atoms with E-state index in [4.69, 9.17) is 0 Å². The van der Waals surface area contributed by atoms with Gasteiger partial charge in [-0.15, -0.1) is 0 Å². The predicted octanol–water partition coefficient (Wildman–Crippen LogP) is 4.91. The van der Waals surface area contributed by atoms with Crippen molar-refractivity contribution in [2.75, 3.05) is 18.6 Å². The van der Waals surface area contributed by atoms with E-state index in [0.29, 0.717) is 11.0 Å². The molecular weight excluding hydrogens is 412 g/mol.